The van der Waals surface area contributed by atoms with Crippen LogP contribution in [-0.2, 0) is 16.0 Å². The lowest BCUT2D eigenvalue weighted by molar-refractivity contribution is -0.125. The predicted octanol–water partition coefficient (Wildman–Crippen LogP) is 2.93. The zero-order chi connectivity index (χ0) is 17.8. The standard InChI is InChI=1S/C20H22N2O3/c1-13-6-4-10-16(19(13)21)20(24)25-12-18(23)22-17-11-5-8-14-7-2-3-9-15(14)17/h2-4,6-7,9-10,17H,5,8,11-12,21H2,1H3,(H,22,23)/t17-/m1/s1. The summed E-state index contributed by atoms with van der Waals surface area (Å²) in [7, 11) is 0. The number of esters is 1. The summed E-state index contributed by atoms with van der Waals surface area (Å²) in [6.45, 7) is 1.50. The average Bonchev–Trinajstić information content (AvgIpc) is 2.62. The van der Waals surface area contributed by atoms with Crippen molar-refractivity contribution in [1.29, 1.82) is 0 Å². The SMILES string of the molecule is Cc1cccc(C(=O)OCC(=O)N[C@@H]2CCCc3ccccc32)c1N. The molecule has 0 saturated heterocycles. The van der Waals surface area contributed by atoms with Crippen LogP contribution in [0.1, 0.15) is 45.9 Å². The zero-order valence-corrected chi connectivity index (χ0v) is 14.2. The van der Waals surface area contributed by atoms with E-state index in [1.807, 2.05) is 31.2 Å². The van der Waals surface area contributed by atoms with Crippen molar-refractivity contribution in [2.45, 2.75) is 32.2 Å². The summed E-state index contributed by atoms with van der Waals surface area (Å²) >= 11 is 0. The van der Waals surface area contributed by atoms with Crippen LogP contribution in [0.4, 0.5) is 5.69 Å². The molecular formula is C20H22N2O3. The molecule has 3 rings (SSSR count). The summed E-state index contributed by atoms with van der Waals surface area (Å²) in [4.78, 5) is 24.3. The van der Waals surface area contributed by atoms with Gasteiger partial charge in [0.2, 0.25) is 0 Å². The Hall–Kier alpha value is -2.82. The number of aryl methyl sites for hydroxylation is 2. The number of carbonyl (C=O) groups excluding carboxylic acids is 2. The van der Waals surface area contributed by atoms with E-state index in [0.717, 1.165) is 30.4 Å². The van der Waals surface area contributed by atoms with E-state index in [1.165, 1.54) is 5.56 Å². The first kappa shape index (κ1) is 17.0. The van der Waals surface area contributed by atoms with Gasteiger partial charge in [-0.3, -0.25) is 4.79 Å². The van der Waals surface area contributed by atoms with Crippen LogP contribution in [0, 0.1) is 6.92 Å². The van der Waals surface area contributed by atoms with E-state index < -0.39 is 5.97 Å². The van der Waals surface area contributed by atoms with Gasteiger partial charge in [-0.2, -0.15) is 0 Å². The second-order valence-corrected chi connectivity index (χ2v) is 6.32. The number of ether oxygens (including phenoxy) is 1. The number of hydrogen-bond acceptors (Lipinski definition) is 4. The number of nitrogens with one attached hydrogen (secondary N) is 1. The highest BCUT2D eigenvalue weighted by molar-refractivity contribution is 5.96. The largest absolute Gasteiger partial charge is 0.452 e. The van der Waals surface area contributed by atoms with Gasteiger partial charge in [0.15, 0.2) is 6.61 Å². The zero-order valence-electron chi connectivity index (χ0n) is 14.2. The van der Waals surface area contributed by atoms with Gasteiger partial charge >= 0.3 is 5.97 Å². The predicted molar refractivity (Wildman–Crippen MR) is 96.1 cm³/mol. The van der Waals surface area contributed by atoms with Crippen LogP contribution in [0.3, 0.4) is 0 Å². The topological polar surface area (TPSA) is 81.4 Å². The quantitative estimate of drug-likeness (QED) is 0.663. The molecule has 1 amide bonds. The number of rotatable bonds is 4. The summed E-state index contributed by atoms with van der Waals surface area (Å²) in [6.07, 6.45) is 2.95. The fraction of sp³-hybridized carbons (Fsp3) is 0.300. The molecule has 130 valence electrons. The van der Waals surface area contributed by atoms with Gasteiger partial charge in [-0.05, 0) is 48.9 Å². The van der Waals surface area contributed by atoms with E-state index in [9.17, 15) is 9.59 Å². The molecule has 2 aromatic carbocycles. The third-order valence-electron chi connectivity index (χ3n) is 4.58. The Bertz CT molecular complexity index is 801. The number of benzene rings is 2. The van der Waals surface area contributed by atoms with E-state index in [1.54, 1.807) is 12.1 Å². The molecule has 0 saturated carbocycles. The molecule has 3 N–H and O–H groups in total. The minimum absolute atomic E-state index is 0.0276. The molecule has 0 bridgehead atoms. The summed E-state index contributed by atoms with van der Waals surface area (Å²) in [6, 6.07) is 13.2. The molecule has 0 aliphatic heterocycles. The van der Waals surface area contributed by atoms with Crippen LogP contribution in [0.2, 0.25) is 0 Å². The van der Waals surface area contributed by atoms with E-state index in [2.05, 4.69) is 11.4 Å². The number of carbonyl (C=O) groups is 2. The van der Waals surface area contributed by atoms with Crippen LogP contribution in [0.15, 0.2) is 42.5 Å². The van der Waals surface area contributed by atoms with Crippen molar-refractivity contribution in [3.05, 3.63) is 64.7 Å². The number of para-hydroxylation sites is 1. The normalized spacial score (nSPS) is 16.0. The van der Waals surface area contributed by atoms with Crippen molar-refractivity contribution in [3.8, 4) is 0 Å². The maximum Gasteiger partial charge on any atom is 0.340 e. The molecule has 0 radical (unpaired) electrons. The van der Waals surface area contributed by atoms with Crippen molar-refractivity contribution in [2.24, 2.45) is 0 Å². The van der Waals surface area contributed by atoms with E-state index in [0.29, 0.717) is 5.69 Å². The van der Waals surface area contributed by atoms with Gasteiger partial charge < -0.3 is 15.8 Å². The molecule has 2 aromatic rings. The van der Waals surface area contributed by atoms with Crippen molar-refractivity contribution in [3.63, 3.8) is 0 Å². The third kappa shape index (κ3) is 3.82. The highest BCUT2D eigenvalue weighted by atomic mass is 16.5. The molecule has 1 aliphatic rings. The van der Waals surface area contributed by atoms with Crippen molar-refractivity contribution >= 4 is 17.6 Å². The van der Waals surface area contributed by atoms with E-state index in [-0.39, 0.29) is 24.1 Å². The minimum atomic E-state index is -0.583. The number of amides is 1. The Labute approximate surface area is 147 Å². The monoisotopic (exact) mass is 338 g/mol. The van der Waals surface area contributed by atoms with Crippen molar-refractivity contribution < 1.29 is 14.3 Å². The molecule has 1 atom stereocenters. The Morgan fingerprint density at radius 3 is 2.84 bits per heavy atom. The van der Waals surface area contributed by atoms with Crippen molar-refractivity contribution in [2.75, 3.05) is 12.3 Å². The Kier molecular flexibility index (Phi) is 5.03. The number of nitrogens with two attached hydrogens (primary N) is 1. The Balaban J connectivity index is 1.59. The van der Waals surface area contributed by atoms with Crippen LogP contribution in [-0.4, -0.2) is 18.5 Å². The van der Waals surface area contributed by atoms with Gasteiger partial charge in [0, 0.05) is 5.69 Å². The molecule has 5 heteroatoms. The number of hydrogen-bond donors (Lipinski definition) is 2. The van der Waals surface area contributed by atoms with Gasteiger partial charge in [-0.15, -0.1) is 0 Å². The molecule has 0 heterocycles. The maximum atomic E-state index is 12.2. The Morgan fingerprint density at radius 2 is 2.00 bits per heavy atom. The molecule has 0 aromatic heterocycles. The second kappa shape index (κ2) is 7.38. The summed E-state index contributed by atoms with van der Waals surface area (Å²) < 4.78 is 5.12. The van der Waals surface area contributed by atoms with Crippen LogP contribution in [0.5, 0.6) is 0 Å². The summed E-state index contributed by atoms with van der Waals surface area (Å²) in [5.41, 5.74) is 9.78. The van der Waals surface area contributed by atoms with Crippen molar-refractivity contribution in [1.82, 2.24) is 5.32 Å². The molecular weight excluding hydrogens is 316 g/mol. The smallest absolute Gasteiger partial charge is 0.340 e. The summed E-state index contributed by atoms with van der Waals surface area (Å²) in [5.74, 6) is -0.887. The highest BCUT2D eigenvalue weighted by Gasteiger charge is 2.22. The molecule has 25 heavy (non-hydrogen) atoms. The molecule has 0 unspecified atom stereocenters. The lowest BCUT2D eigenvalue weighted by atomic mass is 9.88. The fourth-order valence-electron chi connectivity index (χ4n) is 3.21. The first-order valence-corrected chi connectivity index (χ1v) is 8.45. The van der Waals surface area contributed by atoms with Gasteiger partial charge in [0.25, 0.3) is 5.91 Å². The maximum absolute atomic E-state index is 12.2. The second-order valence-electron chi connectivity index (χ2n) is 6.32. The van der Waals surface area contributed by atoms with Gasteiger partial charge in [-0.1, -0.05) is 36.4 Å². The average molecular weight is 338 g/mol. The molecule has 0 spiro atoms. The fourth-order valence-corrected chi connectivity index (χ4v) is 3.21. The molecule has 1 aliphatic carbocycles. The highest BCUT2D eigenvalue weighted by Crippen LogP contribution is 2.29. The number of anilines is 1. The first-order valence-electron chi connectivity index (χ1n) is 8.45. The lowest BCUT2D eigenvalue weighted by Crippen LogP contribution is -2.34. The number of fused-ring (bicyclic) bond motifs is 1. The van der Waals surface area contributed by atoms with E-state index in [4.69, 9.17) is 10.5 Å². The van der Waals surface area contributed by atoms with Crippen LogP contribution in [0.25, 0.3) is 0 Å². The van der Waals surface area contributed by atoms with Gasteiger partial charge in [0.05, 0.1) is 11.6 Å². The van der Waals surface area contributed by atoms with Crippen LogP contribution >= 0.6 is 0 Å². The lowest BCUT2D eigenvalue weighted by Gasteiger charge is -2.26. The first-order chi connectivity index (χ1) is 12.1. The van der Waals surface area contributed by atoms with Crippen LogP contribution < -0.4 is 11.1 Å². The minimum Gasteiger partial charge on any atom is -0.452 e. The molecule has 0 fully saturated rings. The number of nitrogen functional groups attached to an aromatic ring is 1. The van der Waals surface area contributed by atoms with Gasteiger partial charge in [-0.25, -0.2) is 4.79 Å². The Morgan fingerprint density at radius 1 is 1.20 bits per heavy atom. The summed E-state index contributed by atoms with van der Waals surface area (Å²) in [5, 5.41) is 2.96. The third-order valence-corrected chi connectivity index (χ3v) is 4.58. The molecule has 5 nitrogen and oxygen atoms in total. The van der Waals surface area contributed by atoms with E-state index >= 15 is 0 Å². The van der Waals surface area contributed by atoms with Gasteiger partial charge in [0.1, 0.15) is 0 Å².